The second-order valence-electron chi connectivity index (χ2n) is 5.82. The summed E-state index contributed by atoms with van der Waals surface area (Å²) in [6.07, 6.45) is 2.02. The molecule has 1 aromatic heterocycles. The monoisotopic (exact) mass is 302 g/mol. The van der Waals surface area contributed by atoms with Crippen molar-refractivity contribution in [2.45, 2.75) is 32.2 Å². The minimum Gasteiger partial charge on any atom is -0.481 e. The standard InChI is InChI=1S/C16H18N2O4/c1-10(16(20)21)9-18(11-6-7-11)15(19)8-13-12-4-2-3-5-14(12)22-17-13/h2-5,10-11H,6-9H2,1H3,(H,20,21). The Balaban J connectivity index is 1.75. The SMILES string of the molecule is CC(CN(C(=O)Cc1noc2ccccc12)C1CC1)C(=O)O. The fourth-order valence-corrected chi connectivity index (χ4v) is 2.52. The number of benzene rings is 1. The zero-order valence-electron chi connectivity index (χ0n) is 12.4. The summed E-state index contributed by atoms with van der Waals surface area (Å²) in [4.78, 5) is 25.3. The Hall–Kier alpha value is -2.37. The van der Waals surface area contributed by atoms with Crippen molar-refractivity contribution in [3.8, 4) is 0 Å². The average molecular weight is 302 g/mol. The molecule has 1 heterocycles. The second kappa shape index (κ2) is 5.79. The van der Waals surface area contributed by atoms with Gasteiger partial charge < -0.3 is 14.5 Å². The summed E-state index contributed by atoms with van der Waals surface area (Å²) in [5.74, 6) is -1.54. The lowest BCUT2D eigenvalue weighted by atomic mass is 10.1. The predicted octanol–water partition coefficient (Wildman–Crippen LogP) is 2.08. The summed E-state index contributed by atoms with van der Waals surface area (Å²) in [7, 11) is 0. The molecule has 22 heavy (non-hydrogen) atoms. The van der Waals surface area contributed by atoms with Gasteiger partial charge in [-0.15, -0.1) is 0 Å². The molecule has 2 aromatic rings. The van der Waals surface area contributed by atoms with E-state index >= 15 is 0 Å². The van der Waals surface area contributed by atoms with Gasteiger partial charge in [0.25, 0.3) is 0 Å². The van der Waals surface area contributed by atoms with Crippen molar-refractivity contribution >= 4 is 22.8 Å². The van der Waals surface area contributed by atoms with E-state index in [4.69, 9.17) is 9.63 Å². The Morgan fingerprint density at radius 3 is 2.82 bits per heavy atom. The van der Waals surface area contributed by atoms with Crippen LogP contribution < -0.4 is 0 Å². The third-order valence-electron chi connectivity index (χ3n) is 3.97. The molecule has 0 spiro atoms. The molecule has 6 nitrogen and oxygen atoms in total. The highest BCUT2D eigenvalue weighted by Gasteiger charge is 2.34. The molecule has 1 aromatic carbocycles. The molecule has 1 unspecified atom stereocenters. The fourth-order valence-electron chi connectivity index (χ4n) is 2.52. The first kappa shape index (κ1) is 14.6. The maximum Gasteiger partial charge on any atom is 0.308 e. The van der Waals surface area contributed by atoms with Gasteiger partial charge in [-0.1, -0.05) is 24.2 Å². The summed E-state index contributed by atoms with van der Waals surface area (Å²) in [6, 6.07) is 7.58. The van der Waals surface area contributed by atoms with Crippen LogP contribution >= 0.6 is 0 Å². The molecule has 1 saturated carbocycles. The van der Waals surface area contributed by atoms with Crippen molar-refractivity contribution in [1.29, 1.82) is 0 Å². The highest BCUT2D eigenvalue weighted by molar-refractivity contribution is 5.86. The molecule has 1 fully saturated rings. The number of amides is 1. The number of para-hydroxylation sites is 1. The maximum atomic E-state index is 12.5. The van der Waals surface area contributed by atoms with E-state index in [1.165, 1.54) is 0 Å². The Bertz CT molecular complexity index is 705. The zero-order chi connectivity index (χ0) is 15.7. The number of carbonyl (C=O) groups is 2. The Labute approximate surface area is 127 Å². The normalized spacial score (nSPS) is 15.7. The Kier molecular flexibility index (Phi) is 3.83. The molecule has 6 heteroatoms. The van der Waals surface area contributed by atoms with E-state index in [0.717, 1.165) is 18.2 Å². The van der Waals surface area contributed by atoms with Gasteiger partial charge in [-0.3, -0.25) is 9.59 Å². The second-order valence-corrected chi connectivity index (χ2v) is 5.82. The van der Waals surface area contributed by atoms with Crippen molar-refractivity contribution in [1.82, 2.24) is 10.1 Å². The van der Waals surface area contributed by atoms with Gasteiger partial charge in [0, 0.05) is 18.0 Å². The van der Waals surface area contributed by atoms with Crippen LogP contribution in [0.15, 0.2) is 28.8 Å². The Morgan fingerprint density at radius 2 is 2.14 bits per heavy atom. The van der Waals surface area contributed by atoms with Gasteiger partial charge in [-0.25, -0.2) is 0 Å². The fraction of sp³-hybridized carbons (Fsp3) is 0.438. The first-order valence-corrected chi connectivity index (χ1v) is 7.42. The van der Waals surface area contributed by atoms with Crippen LogP contribution in [-0.4, -0.2) is 39.6 Å². The molecule has 0 radical (unpaired) electrons. The number of rotatable bonds is 6. The van der Waals surface area contributed by atoms with E-state index in [1.54, 1.807) is 11.8 Å². The van der Waals surface area contributed by atoms with Gasteiger partial charge in [-0.05, 0) is 25.0 Å². The van der Waals surface area contributed by atoms with E-state index in [-0.39, 0.29) is 24.9 Å². The molecule has 0 bridgehead atoms. The number of nitrogens with zero attached hydrogens (tertiary/aromatic N) is 2. The minimum atomic E-state index is -0.884. The van der Waals surface area contributed by atoms with E-state index < -0.39 is 11.9 Å². The molecule has 1 N–H and O–H groups in total. The largest absolute Gasteiger partial charge is 0.481 e. The maximum absolute atomic E-state index is 12.5. The number of hydrogen-bond donors (Lipinski definition) is 1. The minimum absolute atomic E-state index is 0.0883. The zero-order valence-corrected chi connectivity index (χ0v) is 12.4. The van der Waals surface area contributed by atoms with E-state index in [1.807, 2.05) is 24.3 Å². The van der Waals surface area contributed by atoms with Crippen LogP contribution in [0.2, 0.25) is 0 Å². The van der Waals surface area contributed by atoms with Crippen molar-refractivity contribution in [3.05, 3.63) is 30.0 Å². The van der Waals surface area contributed by atoms with Gasteiger partial charge in [0.2, 0.25) is 5.91 Å². The summed E-state index contributed by atoms with van der Waals surface area (Å²) in [5, 5.41) is 13.9. The van der Waals surface area contributed by atoms with Gasteiger partial charge in [0.05, 0.1) is 12.3 Å². The van der Waals surface area contributed by atoms with Crippen LogP contribution in [0.1, 0.15) is 25.5 Å². The van der Waals surface area contributed by atoms with E-state index in [2.05, 4.69) is 5.16 Å². The van der Waals surface area contributed by atoms with Crippen LogP contribution in [0.25, 0.3) is 11.0 Å². The lowest BCUT2D eigenvalue weighted by Gasteiger charge is -2.24. The van der Waals surface area contributed by atoms with Crippen LogP contribution in [0.4, 0.5) is 0 Å². The van der Waals surface area contributed by atoms with Gasteiger partial charge in [0.15, 0.2) is 5.58 Å². The van der Waals surface area contributed by atoms with Crippen LogP contribution in [0.3, 0.4) is 0 Å². The van der Waals surface area contributed by atoms with Gasteiger partial charge >= 0.3 is 5.97 Å². The molecule has 0 saturated heterocycles. The van der Waals surface area contributed by atoms with Crippen molar-refractivity contribution in [3.63, 3.8) is 0 Å². The molecular weight excluding hydrogens is 284 g/mol. The molecule has 1 aliphatic carbocycles. The van der Waals surface area contributed by atoms with Crippen LogP contribution in [0.5, 0.6) is 0 Å². The number of carboxylic acid groups (broad SMARTS) is 1. The molecule has 116 valence electrons. The first-order chi connectivity index (χ1) is 10.6. The number of carboxylic acids is 1. The van der Waals surface area contributed by atoms with E-state index in [0.29, 0.717) is 11.3 Å². The van der Waals surface area contributed by atoms with Crippen LogP contribution in [0, 0.1) is 5.92 Å². The summed E-state index contributed by atoms with van der Waals surface area (Å²) >= 11 is 0. The molecule has 1 amide bonds. The third kappa shape index (κ3) is 2.95. The lowest BCUT2D eigenvalue weighted by Crippen LogP contribution is -2.39. The smallest absolute Gasteiger partial charge is 0.308 e. The third-order valence-corrected chi connectivity index (χ3v) is 3.97. The predicted molar refractivity (Wildman–Crippen MR) is 79.2 cm³/mol. The summed E-state index contributed by atoms with van der Waals surface area (Å²) < 4.78 is 5.21. The molecular formula is C16H18N2O4. The first-order valence-electron chi connectivity index (χ1n) is 7.42. The molecule has 1 aliphatic rings. The number of hydrogen-bond acceptors (Lipinski definition) is 4. The average Bonchev–Trinajstić information content (AvgIpc) is 3.26. The number of aliphatic carboxylic acids is 1. The van der Waals surface area contributed by atoms with Crippen molar-refractivity contribution < 1.29 is 19.2 Å². The van der Waals surface area contributed by atoms with Crippen LogP contribution in [-0.2, 0) is 16.0 Å². The topological polar surface area (TPSA) is 83.6 Å². The lowest BCUT2D eigenvalue weighted by molar-refractivity contribution is -0.143. The Morgan fingerprint density at radius 1 is 1.41 bits per heavy atom. The summed E-state index contributed by atoms with van der Waals surface area (Å²) in [5.41, 5.74) is 1.26. The number of aromatic nitrogens is 1. The van der Waals surface area contributed by atoms with Gasteiger partial charge in [-0.2, -0.15) is 0 Å². The quantitative estimate of drug-likeness (QED) is 0.883. The summed E-state index contributed by atoms with van der Waals surface area (Å²) in [6.45, 7) is 1.87. The molecule has 3 rings (SSSR count). The van der Waals surface area contributed by atoms with E-state index in [9.17, 15) is 9.59 Å². The molecule has 1 atom stereocenters. The van der Waals surface area contributed by atoms with Crippen molar-refractivity contribution in [2.75, 3.05) is 6.54 Å². The highest BCUT2D eigenvalue weighted by atomic mass is 16.5. The van der Waals surface area contributed by atoms with Crippen molar-refractivity contribution in [2.24, 2.45) is 5.92 Å². The van der Waals surface area contributed by atoms with Gasteiger partial charge in [0.1, 0.15) is 5.69 Å². The number of carbonyl (C=O) groups excluding carboxylic acids is 1. The highest BCUT2D eigenvalue weighted by Crippen LogP contribution is 2.29. The number of fused-ring (bicyclic) bond motifs is 1. The molecule has 0 aliphatic heterocycles.